The third kappa shape index (κ3) is 4.98. The van der Waals surface area contributed by atoms with E-state index in [4.69, 9.17) is 4.74 Å². The van der Waals surface area contributed by atoms with Crippen molar-refractivity contribution in [3.8, 4) is 0 Å². The number of piperidine rings is 1. The molecular weight excluding hydrogens is 429 g/mol. The van der Waals surface area contributed by atoms with E-state index in [0.29, 0.717) is 18.5 Å². The van der Waals surface area contributed by atoms with E-state index in [1.807, 2.05) is 6.92 Å². The van der Waals surface area contributed by atoms with Gasteiger partial charge in [0.25, 0.3) is 0 Å². The van der Waals surface area contributed by atoms with Crippen LogP contribution in [0.15, 0.2) is 30.5 Å². The number of aromatic nitrogens is 1. The molecule has 5 rings (SSSR count). The number of nitrogens with zero attached hydrogens (tertiary/aromatic N) is 4. The zero-order valence-electron chi connectivity index (χ0n) is 19.2. The smallest absolute Gasteiger partial charge is 0.370 e. The quantitative estimate of drug-likeness (QED) is 0.672. The van der Waals surface area contributed by atoms with Crippen LogP contribution in [0.3, 0.4) is 0 Å². The molecule has 3 aliphatic rings. The fourth-order valence-corrected chi connectivity index (χ4v) is 5.87. The maximum atomic E-state index is 13.5. The van der Waals surface area contributed by atoms with Crippen molar-refractivity contribution >= 4 is 16.6 Å². The summed E-state index contributed by atoms with van der Waals surface area (Å²) >= 11 is 0. The molecule has 0 radical (unpaired) electrons. The van der Waals surface area contributed by atoms with E-state index < -0.39 is 11.7 Å². The van der Waals surface area contributed by atoms with Gasteiger partial charge in [0, 0.05) is 42.9 Å². The highest BCUT2D eigenvalue weighted by atomic mass is 19.4. The van der Waals surface area contributed by atoms with Crippen LogP contribution in [0.4, 0.5) is 18.9 Å². The lowest BCUT2D eigenvalue weighted by Crippen LogP contribution is -2.53. The van der Waals surface area contributed by atoms with E-state index >= 15 is 0 Å². The summed E-state index contributed by atoms with van der Waals surface area (Å²) in [4.78, 5) is 11.4. The molecule has 0 unspecified atom stereocenters. The van der Waals surface area contributed by atoms with E-state index in [1.165, 1.54) is 51.0 Å². The van der Waals surface area contributed by atoms with Crippen molar-refractivity contribution in [3.05, 3.63) is 36.0 Å². The molecular formula is C25H33F3N4O. The zero-order chi connectivity index (χ0) is 23.0. The van der Waals surface area contributed by atoms with Crippen LogP contribution < -0.4 is 4.90 Å². The highest BCUT2D eigenvalue weighted by molar-refractivity contribution is 5.94. The molecule has 1 aromatic carbocycles. The van der Waals surface area contributed by atoms with E-state index in [-0.39, 0.29) is 17.7 Å². The Kier molecular flexibility index (Phi) is 6.51. The van der Waals surface area contributed by atoms with Gasteiger partial charge in [-0.05, 0) is 83.1 Å². The summed E-state index contributed by atoms with van der Waals surface area (Å²) in [6.07, 6.45) is 2.13. The van der Waals surface area contributed by atoms with Gasteiger partial charge in [-0.1, -0.05) is 0 Å². The van der Waals surface area contributed by atoms with Crippen molar-refractivity contribution in [2.75, 3.05) is 50.7 Å². The molecule has 4 heterocycles. The van der Waals surface area contributed by atoms with Gasteiger partial charge in [0.2, 0.25) is 0 Å². The average molecular weight is 463 g/mol. The SMILES string of the molecule is C[C@@H]1CN(c2ccc(C(F)(F)F)c3ncccc23)C[C@H](CN2CCC(N3CCCC3)CC2)O1. The minimum atomic E-state index is -4.42. The molecule has 2 atom stereocenters. The summed E-state index contributed by atoms with van der Waals surface area (Å²) in [5, 5.41) is 0.548. The Morgan fingerprint density at radius 3 is 2.52 bits per heavy atom. The van der Waals surface area contributed by atoms with E-state index in [0.717, 1.165) is 31.4 Å². The molecule has 3 fully saturated rings. The molecule has 0 spiro atoms. The number of rotatable bonds is 4. The second-order valence-corrected chi connectivity index (χ2v) is 9.78. The summed E-state index contributed by atoms with van der Waals surface area (Å²) in [5.41, 5.74) is 0.141. The molecule has 1 aromatic heterocycles. The van der Waals surface area contributed by atoms with Gasteiger partial charge >= 0.3 is 6.18 Å². The third-order valence-electron chi connectivity index (χ3n) is 7.40. The van der Waals surface area contributed by atoms with Gasteiger partial charge in [-0.25, -0.2) is 0 Å². The molecule has 0 amide bonds. The van der Waals surface area contributed by atoms with Gasteiger partial charge in [0.05, 0.1) is 23.3 Å². The summed E-state index contributed by atoms with van der Waals surface area (Å²) < 4.78 is 46.8. The summed E-state index contributed by atoms with van der Waals surface area (Å²) in [5.74, 6) is 0. The first kappa shape index (κ1) is 22.9. The van der Waals surface area contributed by atoms with Crippen LogP contribution >= 0.6 is 0 Å². The number of anilines is 1. The van der Waals surface area contributed by atoms with E-state index in [2.05, 4.69) is 19.7 Å². The van der Waals surface area contributed by atoms with Crippen LogP contribution in [-0.2, 0) is 10.9 Å². The zero-order valence-corrected chi connectivity index (χ0v) is 19.2. The highest BCUT2D eigenvalue weighted by Crippen LogP contribution is 2.38. The number of pyridine rings is 1. The molecule has 2 aromatic rings. The first-order valence-corrected chi connectivity index (χ1v) is 12.2. The maximum absolute atomic E-state index is 13.5. The predicted octanol–water partition coefficient (Wildman–Crippen LogP) is 4.41. The van der Waals surface area contributed by atoms with Crippen LogP contribution in [0, 0.1) is 0 Å². The molecule has 3 aliphatic heterocycles. The standard InChI is InChI=1S/C25H33F3N4O/c1-18-15-32(23-7-6-22(25(26,27)28)24-21(23)5-4-10-29-24)17-20(33-18)16-30-13-8-19(9-14-30)31-11-2-3-12-31/h4-7,10,18-20H,2-3,8-9,11-17H2,1H3/t18-,20+/m1/s1. The fourth-order valence-electron chi connectivity index (χ4n) is 5.87. The summed E-state index contributed by atoms with van der Waals surface area (Å²) in [6.45, 7) is 8.91. The molecule has 0 saturated carbocycles. The Labute approximate surface area is 193 Å². The van der Waals surface area contributed by atoms with Crippen molar-refractivity contribution < 1.29 is 17.9 Å². The average Bonchev–Trinajstić information content (AvgIpc) is 3.33. The number of ether oxygens (including phenoxy) is 1. The van der Waals surface area contributed by atoms with E-state index in [1.54, 1.807) is 18.2 Å². The van der Waals surface area contributed by atoms with Crippen LogP contribution in [0.5, 0.6) is 0 Å². The third-order valence-corrected chi connectivity index (χ3v) is 7.40. The molecule has 8 heteroatoms. The molecule has 0 N–H and O–H groups in total. The molecule has 5 nitrogen and oxygen atoms in total. The summed E-state index contributed by atoms with van der Waals surface area (Å²) in [6, 6.07) is 6.94. The minimum absolute atomic E-state index is 0.0138. The Balaban J connectivity index is 1.28. The lowest BCUT2D eigenvalue weighted by molar-refractivity contribution is -0.136. The fraction of sp³-hybridized carbons (Fsp3) is 0.640. The number of hydrogen-bond acceptors (Lipinski definition) is 5. The van der Waals surface area contributed by atoms with Gasteiger partial charge in [0.1, 0.15) is 0 Å². The first-order valence-electron chi connectivity index (χ1n) is 12.2. The van der Waals surface area contributed by atoms with Crippen LogP contribution in [0.1, 0.15) is 38.2 Å². The Hall–Kier alpha value is -1.90. The van der Waals surface area contributed by atoms with Crippen molar-refractivity contribution in [2.24, 2.45) is 0 Å². The molecule has 3 saturated heterocycles. The number of alkyl halides is 3. The largest absolute Gasteiger partial charge is 0.418 e. The van der Waals surface area contributed by atoms with Crippen LogP contribution in [0.2, 0.25) is 0 Å². The van der Waals surface area contributed by atoms with Crippen LogP contribution in [-0.4, -0.2) is 78.8 Å². The number of fused-ring (bicyclic) bond motifs is 1. The summed E-state index contributed by atoms with van der Waals surface area (Å²) in [7, 11) is 0. The molecule has 180 valence electrons. The Bertz CT molecular complexity index is 954. The number of hydrogen-bond donors (Lipinski definition) is 0. The molecule has 33 heavy (non-hydrogen) atoms. The van der Waals surface area contributed by atoms with Gasteiger partial charge in [-0.15, -0.1) is 0 Å². The van der Waals surface area contributed by atoms with Crippen molar-refractivity contribution in [3.63, 3.8) is 0 Å². The van der Waals surface area contributed by atoms with Gasteiger partial charge in [-0.3, -0.25) is 4.98 Å². The van der Waals surface area contributed by atoms with Crippen LogP contribution in [0.25, 0.3) is 10.9 Å². The second-order valence-electron chi connectivity index (χ2n) is 9.78. The topological polar surface area (TPSA) is 31.8 Å². The van der Waals surface area contributed by atoms with Gasteiger partial charge < -0.3 is 19.4 Å². The Morgan fingerprint density at radius 1 is 1.03 bits per heavy atom. The monoisotopic (exact) mass is 462 g/mol. The Morgan fingerprint density at radius 2 is 1.79 bits per heavy atom. The molecule has 0 bridgehead atoms. The van der Waals surface area contributed by atoms with Crippen molar-refractivity contribution in [1.29, 1.82) is 0 Å². The lowest BCUT2D eigenvalue weighted by Gasteiger charge is -2.42. The number of likely N-dealkylation sites (tertiary alicyclic amines) is 2. The van der Waals surface area contributed by atoms with Gasteiger partial charge in [-0.2, -0.15) is 13.2 Å². The highest BCUT2D eigenvalue weighted by Gasteiger charge is 2.35. The normalized spacial score (nSPS) is 26.4. The number of benzene rings is 1. The van der Waals surface area contributed by atoms with Crippen molar-refractivity contribution in [1.82, 2.24) is 14.8 Å². The number of morpholine rings is 1. The lowest BCUT2D eigenvalue weighted by atomic mass is 10.0. The first-order chi connectivity index (χ1) is 15.9. The maximum Gasteiger partial charge on any atom is 0.418 e. The van der Waals surface area contributed by atoms with Crippen molar-refractivity contribution in [2.45, 2.75) is 57.0 Å². The predicted molar refractivity (Wildman–Crippen MR) is 124 cm³/mol. The molecule has 0 aliphatic carbocycles. The van der Waals surface area contributed by atoms with Gasteiger partial charge in [0.15, 0.2) is 0 Å². The minimum Gasteiger partial charge on any atom is -0.370 e. The van der Waals surface area contributed by atoms with E-state index in [9.17, 15) is 13.2 Å². The second kappa shape index (κ2) is 9.39. The number of halogens is 3.